The molecule has 2 rings (SSSR count). The Morgan fingerprint density at radius 2 is 1.04 bits per heavy atom. The maximum Gasteiger partial charge on any atom is 0.123 e. The van der Waals surface area contributed by atoms with E-state index in [-0.39, 0.29) is 11.6 Å². The molecule has 0 atom stereocenters. The van der Waals surface area contributed by atoms with Crippen molar-refractivity contribution in [2.45, 2.75) is 0 Å². The van der Waals surface area contributed by atoms with Gasteiger partial charge in [-0.2, -0.15) is 10.2 Å². The lowest BCUT2D eigenvalue weighted by Gasteiger charge is -2.17. The highest BCUT2D eigenvalue weighted by molar-refractivity contribution is 5.79. The minimum atomic E-state index is -0.263. The molecule has 0 unspecified atom stereocenters. The number of hydrazone groups is 2. The van der Waals surface area contributed by atoms with Gasteiger partial charge in [-0.15, -0.1) is 0 Å². The molecule has 0 aliphatic rings. The number of halogens is 2. The standard InChI is InChI=1S/C18H20F2N4/c1-23(21-13-15-3-7-17(19)8-4-15)11-12-24(2)22-14-16-5-9-18(20)10-6-16/h3-10,13-14H,11-12H2,1-2H3. The van der Waals surface area contributed by atoms with Gasteiger partial charge < -0.3 is 0 Å². The van der Waals surface area contributed by atoms with Crippen LogP contribution in [0, 0.1) is 11.6 Å². The van der Waals surface area contributed by atoms with Crippen LogP contribution >= 0.6 is 0 Å². The lowest BCUT2D eigenvalue weighted by atomic mass is 10.2. The number of hydrogen-bond acceptors (Lipinski definition) is 4. The van der Waals surface area contributed by atoms with Crippen molar-refractivity contribution in [2.24, 2.45) is 10.2 Å². The molecule has 0 N–H and O–H groups in total. The van der Waals surface area contributed by atoms with E-state index in [1.165, 1.54) is 24.3 Å². The summed E-state index contributed by atoms with van der Waals surface area (Å²) >= 11 is 0. The maximum absolute atomic E-state index is 12.8. The quantitative estimate of drug-likeness (QED) is 0.577. The summed E-state index contributed by atoms with van der Waals surface area (Å²) in [5.74, 6) is -0.526. The van der Waals surface area contributed by atoms with Gasteiger partial charge in [-0.25, -0.2) is 8.78 Å². The third-order valence-electron chi connectivity index (χ3n) is 3.30. The third-order valence-corrected chi connectivity index (χ3v) is 3.30. The van der Waals surface area contributed by atoms with Crippen LogP contribution in [-0.2, 0) is 0 Å². The molecule has 0 fully saturated rings. The van der Waals surface area contributed by atoms with Gasteiger partial charge >= 0.3 is 0 Å². The monoisotopic (exact) mass is 330 g/mol. The van der Waals surface area contributed by atoms with Crippen LogP contribution in [0.5, 0.6) is 0 Å². The maximum atomic E-state index is 12.8. The molecule has 0 aliphatic heterocycles. The average Bonchev–Trinajstić information content (AvgIpc) is 2.59. The Hall–Kier alpha value is -2.76. The highest BCUT2D eigenvalue weighted by atomic mass is 19.1. The van der Waals surface area contributed by atoms with Gasteiger partial charge in [-0.05, 0) is 35.4 Å². The van der Waals surface area contributed by atoms with Crippen LogP contribution in [-0.4, -0.2) is 49.6 Å². The van der Waals surface area contributed by atoms with Gasteiger partial charge in [0.2, 0.25) is 0 Å². The van der Waals surface area contributed by atoms with E-state index in [0.29, 0.717) is 13.1 Å². The molecule has 126 valence electrons. The molecule has 2 aromatic carbocycles. The smallest absolute Gasteiger partial charge is 0.123 e. The van der Waals surface area contributed by atoms with E-state index in [0.717, 1.165) is 11.1 Å². The molecule has 4 nitrogen and oxygen atoms in total. The first-order chi connectivity index (χ1) is 11.5. The Labute approximate surface area is 140 Å². The molecule has 2 aromatic rings. The van der Waals surface area contributed by atoms with Gasteiger partial charge in [-0.3, -0.25) is 10.0 Å². The highest BCUT2D eigenvalue weighted by Gasteiger charge is 1.97. The zero-order chi connectivity index (χ0) is 17.4. The number of likely N-dealkylation sites (N-methyl/N-ethyl adjacent to an activating group) is 2. The van der Waals surface area contributed by atoms with Crippen LogP contribution in [0.3, 0.4) is 0 Å². The topological polar surface area (TPSA) is 31.2 Å². The van der Waals surface area contributed by atoms with E-state index in [9.17, 15) is 8.78 Å². The van der Waals surface area contributed by atoms with E-state index in [2.05, 4.69) is 10.2 Å². The lowest BCUT2D eigenvalue weighted by Crippen LogP contribution is -2.25. The molecule has 0 aromatic heterocycles. The Morgan fingerprint density at radius 3 is 1.38 bits per heavy atom. The van der Waals surface area contributed by atoms with Crippen LogP contribution in [0.25, 0.3) is 0 Å². The van der Waals surface area contributed by atoms with Gasteiger partial charge in [0.1, 0.15) is 11.6 Å². The summed E-state index contributed by atoms with van der Waals surface area (Å²) in [7, 11) is 3.72. The van der Waals surface area contributed by atoms with Crippen molar-refractivity contribution >= 4 is 12.4 Å². The van der Waals surface area contributed by atoms with E-state index in [4.69, 9.17) is 0 Å². The second-order valence-electron chi connectivity index (χ2n) is 5.35. The number of hydrogen-bond donors (Lipinski definition) is 0. The minimum Gasteiger partial charge on any atom is -0.298 e. The minimum absolute atomic E-state index is 0.263. The van der Waals surface area contributed by atoms with Crippen LogP contribution in [0.2, 0.25) is 0 Å². The van der Waals surface area contributed by atoms with E-state index < -0.39 is 0 Å². The fourth-order valence-corrected chi connectivity index (χ4v) is 1.83. The normalized spacial score (nSPS) is 11.3. The molecular weight excluding hydrogens is 310 g/mol. The first-order valence-corrected chi connectivity index (χ1v) is 7.54. The Kier molecular flexibility index (Phi) is 6.42. The van der Waals surface area contributed by atoms with Crippen LogP contribution in [0.4, 0.5) is 8.78 Å². The molecule has 0 saturated carbocycles. The molecule has 0 radical (unpaired) electrons. The summed E-state index contributed by atoms with van der Waals surface area (Å²) in [6.07, 6.45) is 3.36. The number of rotatable bonds is 7. The van der Waals surface area contributed by atoms with Crippen molar-refractivity contribution in [3.63, 3.8) is 0 Å². The van der Waals surface area contributed by atoms with Crippen molar-refractivity contribution in [3.8, 4) is 0 Å². The molecule has 0 saturated heterocycles. The van der Waals surface area contributed by atoms with Gasteiger partial charge in [0.15, 0.2) is 0 Å². The fraction of sp³-hybridized carbons (Fsp3) is 0.222. The van der Waals surface area contributed by atoms with Gasteiger partial charge in [0.25, 0.3) is 0 Å². The van der Waals surface area contributed by atoms with Crippen LogP contribution < -0.4 is 0 Å². The summed E-state index contributed by atoms with van der Waals surface area (Å²) in [6.45, 7) is 1.35. The molecule has 24 heavy (non-hydrogen) atoms. The number of benzene rings is 2. The van der Waals surface area contributed by atoms with Crippen LogP contribution in [0.1, 0.15) is 11.1 Å². The second-order valence-corrected chi connectivity index (χ2v) is 5.35. The molecule has 0 amide bonds. The zero-order valence-corrected chi connectivity index (χ0v) is 13.7. The van der Waals surface area contributed by atoms with Crippen molar-refractivity contribution in [1.29, 1.82) is 0 Å². The largest absolute Gasteiger partial charge is 0.298 e. The molecule has 0 bridgehead atoms. The first kappa shape index (κ1) is 17.6. The summed E-state index contributed by atoms with van der Waals surface area (Å²) in [5, 5.41) is 12.1. The van der Waals surface area contributed by atoms with Gasteiger partial charge in [-0.1, -0.05) is 24.3 Å². The average molecular weight is 330 g/mol. The molecule has 6 heteroatoms. The summed E-state index contributed by atoms with van der Waals surface area (Å²) in [5.41, 5.74) is 1.68. The lowest BCUT2D eigenvalue weighted by molar-refractivity contribution is 0.272. The SMILES string of the molecule is CN(CCN(C)N=Cc1ccc(F)cc1)N=Cc1ccc(F)cc1. The Morgan fingerprint density at radius 1 is 0.708 bits per heavy atom. The van der Waals surface area contributed by atoms with E-state index in [1.54, 1.807) is 46.7 Å². The van der Waals surface area contributed by atoms with Crippen LogP contribution in [0.15, 0.2) is 58.7 Å². The highest BCUT2D eigenvalue weighted by Crippen LogP contribution is 2.01. The van der Waals surface area contributed by atoms with Crippen molar-refractivity contribution < 1.29 is 8.78 Å². The summed E-state index contributed by atoms with van der Waals surface area (Å²) in [6, 6.07) is 12.3. The molecule has 0 heterocycles. The molecule has 0 spiro atoms. The fourth-order valence-electron chi connectivity index (χ4n) is 1.83. The Bertz CT molecular complexity index is 620. The first-order valence-electron chi connectivity index (χ1n) is 7.54. The summed E-state index contributed by atoms with van der Waals surface area (Å²) in [4.78, 5) is 0. The predicted octanol–water partition coefficient (Wildman–Crippen LogP) is 3.20. The summed E-state index contributed by atoms with van der Waals surface area (Å²) < 4.78 is 25.6. The number of nitrogens with zero attached hydrogens (tertiary/aromatic N) is 4. The van der Waals surface area contributed by atoms with Crippen molar-refractivity contribution in [2.75, 3.05) is 27.2 Å². The predicted molar refractivity (Wildman–Crippen MR) is 93.2 cm³/mol. The van der Waals surface area contributed by atoms with E-state index >= 15 is 0 Å². The second kappa shape index (κ2) is 8.76. The third kappa shape index (κ3) is 6.16. The zero-order valence-electron chi connectivity index (χ0n) is 13.7. The molecular formula is C18H20F2N4. The van der Waals surface area contributed by atoms with Crippen molar-refractivity contribution in [1.82, 2.24) is 10.0 Å². The van der Waals surface area contributed by atoms with Crippen molar-refractivity contribution in [3.05, 3.63) is 71.3 Å². The van der Waals surface area contributed by atoms with Gasteiger partial charge in [0, 0.05) is 14.1 Å². The molecule has 0 aliphatic carbocycles. The van der Waals surface area contributed by atoms with E-state index in [1.807, 2.05) is 14.1 Å². The Balaban J connectivity index is 1.77. The van der Waals surface area contributed by atoms with Gasteiger partial charge in [0.05, 0.1) is 25.5 Å².